The minimum Gasteiger partial charge on any atom is -0.381 e. The number of Topliss-reactive ketones (excluding diaryl/α,β-unsaturated/α-hetero) is 1. The lowest BCUT2D eigenvalue weighted by atomic mass is 9.96. The van der Waals surface area contributed by atoms with E-state index in [9.17, 15) is 14.4 Å². The number of imide groups is 1. The molecule has 7 heteroatoms. The summed E-state index contributed by atoms with van der Waals surface area (Å²) < 4.78 is 0. The molecule has 0 aliphatic carbocycles. The van der Waals surface area contributed by atoms with E-state index in [1.807, 2.05) is 0 Å². The van der Waals surface area contributed by atoms with Crippen molar-refractivity contribution in [1.82, 2.24) is 0 Å². The van der Waals surface area contributed by atoms with Crippen molar-refractivity contribution in [3.63, 3.8) is 0 Å². The van der Waals surface area contributed by atoms with E-state index < -0.39 is 23.8 Å². The fourth-order valence-corrected chi connectivity index (χ4v) is 3.40. The van der Waals surface area contributed by atoms with Gasteiger partial charge in [0, 0.05) is 0 Å². The van der Waals surface area contributed by atoms with E-state index in [4.69, 9.17) is 4.84 Å². The molecule has 0 spiro atoms. The first-order chi connectivity index (χ1) is 11.2. The molecule has 1 aromatic heterocycles. The van der Waals surface area contributed by atoms with Crippen LogP contribution in [0.2, 0.25) is 0 Å². The smallest absolute Gasteiger partial charge is 0.278 e. The van der Waals surface area contributed by atoms with E-state index in [-0.39, 0.29) is 11.5 Å². The number of oxime groups is 1. The number of fused-ring (bicyclic) bond motifs is 1. The van der Waals surface area contributed by atoms with Crippen LogP contribution in [0.1, 0.15) is 9.67 Å². The number of ketones is 1. The van der Waals surface area contributed by atoms with Crippen molar-refractivity contribution in [1.29, 1.82) is 0 Å². The molecular formula is C16H10N2O4S. The first-order valence-electron chi connectivity index (χ1n) is 6.93. The summed E-state index contributed by atoms with van der Waals surface area (Å²) in [5.74, 6) is -2.32. The predicted molar refractivity (Wildman–Crippen MR) is 83.4 cm³/mol. The van der Waals surface area contributed by atoms with Gasteiger partial charge in [-0.25, -0.2) is 4.90 Å². The molecule has 1 fully saturated rings. The first-order valence-corrected chi connectivity index (χ1v) is 7.81. The van der Waals surface area contributed by atoms with Crippen LogP contribution in [0.25, 0.3) is 0 Å². The van der Waals surface area contributed by atoms with Gasteiger partial charge in [0.15, 0.2) is 0 Å². The Bertz CT molecular complexity index is 829. The molecule has 114 valence electrons. The Hall–Kier alpha value is -2.80. The van der Waals surface area contributed by atoms with Crippen LogP contribution in [-0.2, 0) is 14.4 Å². The number of benzene rings is 1. The second kappa shape index (κ2) is 5.13. The van der Waals surface area contributed by atoms with Gasteiger partial charge in [-0.2, -0.15) is 0 Å². The lowest BCUT2D eigenvalue weighted by Gasteiger charge is -2.14. The van der Waals surface area contributed by atoms with Gasteiger partial charge in [-0.15, -0.1) is 11.3 Å². The molecule has 1 saturated heterocycles. The summed E-state index contributed by atoms with van der Waals surface area (Å²) in [6.07, 6.45) is -1.05. The maximum absolute atomic E-state index is 12.7. The fraction of sp³-hybridized carbons (Fsp3) is 0.125. The molecule has 2 aliphatic rings. The summed E-state index contributed by atoms with van der Waals surface area (Å²) in [5.41, 5.74) is 0.456. The van der Waals surface area contributed by atoms with Crippen molar-refractivity contribution >= 4 is 40.3 Å². The topological polar surface area (TPSA) is 76.0 Å². The minimum absolute atomic E-state index is 0.00534. The molecule has 2 amide bonds. The Balaban J connectivity index is 1.69. The third-order valence-electron chi connectivity index (χ3n) is 3.80. The quantitative estimate of drug-likeness (QED) is 0.637. The van der Waals surface area contributed by atoms with E-state index in [1.165, 1.54) is 11.3 Å². The molecule has 2 atom stereocenters. The summed E-state index contributed by atoms with van der Waals surface area (Å²) in [6, 6.07) is 12.0. The van der Waals surface area contributed by atoms with Gasteiger partial charge in [-0.05, 0) is 23.6 Å². The Kier molecular flexibility index (Phi) is 3.09. The standard InChI is InChI=1S/C16H10N2O4S/c19-13(10-7-4-8-23-10)12-11-14(22-17-12)16(21)18(15(11)20)9-5-2-1-3-6-9/h1-8,11,14H. The van der Waals surface area contributed by atoms with E-state index in [0.717, 1.165) is 4.90 Å². The number of nitrogens with zero attached hydrogens (tertiary/aromatic N) is 2. The third-order valence-corrected chi connectivity index (χ3v) is 4.67. The molecular weight excluding hydrogens is 316 g/mol. The van der Waals surface area contributed by atoms with Crippen LogP contribution < -0.4 is 4.90 Å². The second-order valence-corrected chi connectivity index (χ2v) is 6.08. The third kappa shape index (κ3) is 2.01. The summed E-state index contributed by atoms with van der Waals surface area (Å²) in [6.45, 7) is 0. The molecule has 0 radical (unpaired) electrons. The van der Waals surface area contributed by atoms with E-state index in [2.05, 4.69) is 5.16 Å². The highest BCUT2D eigenvalue weighted by Gasteiger charge is 2.57. The number of hydrogen-bond donors (Lipinski definition) is 0. The maximum Gasteiger partial charge on any atom is 0.278 e. The van der Waals surface area contributed by atoms with Crippen molar-refractivity contribution in [3.05, 3.63) is 52.7 Å². The molecule has 1 aromatic carbocycles. The number of anilines is 1. The lowest BCUT2D eigenvalue weighted by molar-refractivity contribution is -0.126. The van der Waals surface area contributed by atoms with Gasteiger partial charge in [0.25, 0.3) is 5.91 Å². The van der Waals surface area contributed by atoms with Crippen LogP contribution in [0.5, 0.6) is 0 Å². The highest BCUT2D eigenvalue weighted by atomic mass is 32.1. The Morgan fingerprint density at radius 2 is 1.87 bits per heavy atom. The van der Waals surface area contributed by atoms with Gasteiger partial charge in [0.05, 0.1) is 10.6 Å². The van der Waals surface area contributed by atoms with Crippen LogP contribution in [0.3, 0.4) is 0 Å². The van der Waals surface area contributed by atoms with Crippen LogP contribution >= 0.6 is 11.3 Å². The molecule has 23 heavy (non-hydrogen) atoms. The molecule has 2 unspecified atom stereocenters. The summed E-state index contributed by atoms with van der Waals surface area (Å²) >= 11 is 1.26. The predicted octanol–water partition coefficient (Wildman–Crippen LogP) is 1.88. The highest BCUT2D eigenvalue weighted by molar-refractivity contribution is 7.13. The number of rotatable bonds is 3. The van der Waals surface area contributed by atoms with Crippen molar-refractivity contribution < 1.29 is 19.2 Å². The van der Waals surface area contributed by atoms with Crippen molar-refractivity contribution in [2.24, 2.45) is 11.1 Å². The molecule has 0 bridgehead atoms. The number of carbonyl (C=O) groups is 3. The van der Waals surface area contributed by atoms with Crippen LogP contribution in [0.4, 0.5) is 5.69 Å². The highest BCUT2D eigenvalue weighted by Crippen LogP contribution is 2.34. The van der Waals surface area contributed by atoms with Crippen molar-refractivity contribution in [2.45, 2.75) is 6.10 Å². The largest absolute Gasteiger partial charge is 0.381 e. The van der Waals surface area contributed by atoms with Crippen molar-refractivity contribution in [3.8, 4) is 0 Å². The van der Waals surface area contributed by atoms with Gasteiger partial charge in [0.2, 0.25) is 17.8 Å². The fourth-order valence-electron chi connectivity index (χ4n) is 2.73. The molecule has 6 nitrogen and oxygen atoms in total. The first kappa shape index (κ1) is 13.8. The van der Waals surface area contributed by atoms with E-state index >= 15 is 0 Å². The number of amides is 2. The van der Waals surface area contributed by atoms with Gasteiger partial charge in [0.1, 0.15) is 11.6 Å². The van der Waals surface area contributed by atoms with Crippen LogP contribution in [0.15, 0.2) is 53.0 Å². The Morgan fingerprint density at radius 3 is 2.57 bits per heavy atom. The minimum atomic E-state index is -1.05. The van der Waals surface area contributed by atoms with Crippen LogP contribution in [0, 0.1) is 5.92 Å². The summed E-state index contributed by atoms with van der Waals surface area (Å²) in [7, 11) is 0. The van der Waals surface area contributed by atoms with Crippen LogP contribution in [-0.4, -0.2) is 29.4 Å². The Morgan fingerprint density at radius 1 is 1.09 bits per heavy atom. The van der Waals surface area contributed by atoms with Gasteiger partial charge >= 0.3 is 0 Å². The number of para-hydroxylation sites is 1. The number of thiophene rings is 1. The zero-order valence-electron chi connectivity index (χ0n) is 11.7. The normalized spacial score (nSPS) is 22.8. The SMILES string of the molecule is O=C(C1=NOC2C(=O)N(c3ccccc3)C(=O)C12)c1cccs1. The van der Waals surface area contributed by atoms with E-state index in [1.54, 1.807) is 47.8 Å². The molecule has 2 aliphatic heterocycles. The molecule has 2 aromatic rings. The average Bonchev–Trinajstić information content (AvgIpc) is 3.28. The number of carbonyl (C=O) groups excluding carboxylic acids is 3. The second-order valence-electron chi connectivity index (χ2n) is 5.13. The summed E-state index contributed by atoms with van der Waals surface area (Å²) in [4.78, 5) is 44.2. The molecule has 4 rings (SSSR count). The maximum atomic E-state index is 12.7. The molecule has 0 saturated carbocycles. The zero-order chi connectivity index (χ0) is 16.0. The van der Waals surface area contributed by atoms with Gasteiger partial charge in [-0.1, -0.05) is 29.4 Å². The average molecular weight is 326 g/mol. The summed E-state index contributed by atoms with van der Waals surface area (Å²) in [5, 5.41) is 5.47. The number of hydrogen-bond acceptors (Lipinski definition) is 6. The van der Waals surface area contributed by atoms with Crippen molar-refractivity contribution in [2.75, 3.05) is 4.90 Å². The zero-order valence-corrected chi connectivity index (χ0v) is 12.5. The molecule has 3 heterocycles. The van der Waals surface area contributed by atoms with E-state index in [0.29, 0.717) is 10.6 Å². The monoisotopic (exact) mass is 326 g/mol. The van der Waals surface area contributed by atoms with Gasteiger partial charge in [-0.3, -0.25) is 14.4 Å². The Labute approximate surface area is 135 Å². The van der Waals surface area contributed by atoms with Gasteiger partial charge < -0.3 is 4.84 Å². The lowest BCUT2D eigenvalue weighted by Crippen LogP contribution is -2.34. The molecule has 0 N–H and O–H groups in total.